The molecule has 0 radical (unpaired) electrons. The van der Waals surface area contributed by atoms with Gasteiger partial charge in [-0.2, -0.15) is 4.98 Å². The van der Waals surface area contributed by atoms with E-state index in [0.29, 0.717) is 18.5 Å². The van der Waals surface area contributed by atoms with Crippen LogP contribution in [0.1, 0.15) is 26.3 Å². The number of nitrogens with zero attached hydrogens (tertiary/aromatic N) is 2. The molecule has 0 spiro atoms. The van der Waals surface area contributed by atoms with Crippen LogP contribution in [0.2, 0.25) is 0 Å². The molecule has 0 aliphatic rings. The van der Waals surface area contributed by atoms with Crippen LogP contribution in [0.4, 0.5) is 0 Å². The first-order valence-corrected chi connectivity index (χ1v) is 7.96. The summed E-state index contributed by atoms with van der Waals surface area (Å²) in [5.41, 5.74) is -0.358. The maximum absolute atomic E-state index is 12.2. The van der Waals surface area contributed by atoms with Gasteiger partial charge in [-0.15, -0.1) is 0 Å². The normalized spacial score (nSPS) is 10.7. The third kappa shape index (κ3) is 4.24. The average molecular weight is 331 g/mol. The lowest BCUT2D eigenvalue weighted by Gasteiger charge is -2.13. The third-order valence-electron chi connectivity index (χ3n) is 3.66. The maximum Gasteiger partial charge on any atom is 0.337 e. The standard InChI is InChI=1S/C17H21N3O4/c1-4-12-11-13(21)24-16-14(12)15(22)18-17(19-16)23-10-8-7-9-20(5-2)6-3/h11H,4-6,9-10H2,1-3H3,(H,18,19,22). The van der Waals surface area contributed by atoms with Crippen molar-refractivity contribution in [2.24, 2.45) is 0 Å². The molecule has 1 N–H and O–H groups in total. The summed E-state index contributed by atoms with van der Waals surface area (Å²) in [5, 5.41) is 0.275. The summed E-state index contributed by atoms with van der Waals surface area (Å²) in [4.78, 5) is 32.4. The Hall–Kier alpha value is -2.59. The Morgan fingerprint density at radius 2 is 2.00 bits per heavy atom. The Labute approximate surface area is 139 Å². The molecule has 2 rings (SSSR count). The molecule has 128 valence electrons. The van der Waals surface area contributed by atoms with Crippen molar-refractivity contribution >= 4 is 11.1 Å². The summed E-state index contributed by atoms with van der Waals surface area (Å²) in [7, 11) is 0. The van der Waals surface area contributed by atoms with Gasteiger partial charge in [0.25, 0.3) is 5.56 Å². The number of fused-ring (bicyclic) bond motifs is 1. The number of hydrogen-bond donors (Lipinski definition) is 1. The zero-order valence-corrected chi connectivity index (χ0v) is 14.1. The summed E-state index contributed by atoms with van der Waals surface area (Å²) in [5.74, 6) is 5.86. The van der Waals surface area contributed by atoms with E-state index in [1.165, 1.54) is 6.07 Å². The van der Waals surface area contributed by atoms with Crippen LogP contribution in [0, 0.1) is 11.8 Å². The quantitative estimate of drug-likeness (QED) is 0.799. The highest BCUT2D eigenvalue weighted by molar-refractivity contribution is 5.75. The zero-order chi connectivity index (χ0) is 17.5. The molecule has 0 aliphatic carbocycles. The molecule has 0 bridgehead atoms. The number of H-pyrrole nitrogens is 1. The Bertz CT molecular complexity index is 869. The second-order valence-corrected chi connectivity index (χ2v) is 5.10. The highest BCUT2D eigenvalue weighted by atomic mass is 16.5. The lowest BCUT2D eigenvalue weighted by Crippen LogP contribution is -2.23. The van der Waals surface area contributed by atoms with Crippen molar-refractivity contribution in [3.05, 3.63) is 32.4 Å². The van der Waals surface area contributed by atoms with Crippen LogP contribution in [0.5, 0.6) is 6.01 Å². The molecule has 2 aromatic heterocycles. The molecule has 0 saturated carbocycles. The molecule has 7 nitrogen and oxygen atoms in total. The van der Waals surface area contributed by atoms with Crippen molar-refractivity contribution in [3.63, 3.8) is 0 Å². The van der Waals surface area contributed by atoms with Crippen LogP contribution in [-0.2, 0) is 6.42 Å². The van der Waals surface area contributed by atoms with E-state index in [-0.39, 0.29) is 23.7 Å². The highest BCUT2D eigenvalue weighted by Gasteiger charge is 2.11. The number of aryl methyl sites for hydroxylation is 1. The van der Waals surface area contributed by atoms with Crippen molar-refractivity contribution in [3.8, 4) is 17.9 Å². The van der Waals surface area contributed by atoms with Crippen molar-refractivity contribution in [1.29, 1.82) is 0 Å². The molecule has 2 aromatic rings. The summed E-state index contributed by atoms with van der Waals surface area (Å²) in [6.07, 6.45) is 0.532. The molecular formula is C17H21N3O4. The topological polar surface area (TPSA) is 88.4 Å². The van der Waals surface area contributed by atoms with Gasteiger partial charge in [-0.3, -0.25) is 14.7 Å². The number of aromatic nitrogens is 2. The van der Waals surface area contributed by atoms with Gasteiger partial charge in [-0.05, 0) is 25.1 Å². The van der Waals surface area contributed by atoms with Gasteiger partial charge >= 0.3 is 11.6 Å². The van der Waals surface area contributed by atoms with Crippen LogP contribution >= 0.6 is 0 Å². The molecular weight excluding hydrogens is 310 g/mol. The summed E-state index contributed by atoms with van der Waals surface area (Å²) in [6, 6.07) is 1.29. The molecule has 0 aromatic carbocycles. The van der Waals surface area contributed by atoms with Gasteiger partial charge in [0, 0.05) is 6.07 Å². The fourth-order valence-electron chi connectivity index (χ4n) is 2.25. The SMILES string of the molecule is CCc1cc(=O)oc2nc(OCC#CCN(CC)CC)[nH]c(=O)c12. The predicted octanol–water partition coefficient (Wildman–Crippen LogP) is 1.16. The van der Waals surface area contributed by atoms with Crippen LogP contribution in [0.15, 0.2) is 20.1 Å². The van der Waals surface area contributed by atoms with E-state index >= 15 is 0 Å². The Balaban J connectivity index is 2.16. The van der Waals surface area contributed by atoms with Gasteiger partial charge in [0.05, 0.1) is 6.54 Å². The van der Waals surface area contributed by atoms with E-state index in [2.05, 4.69) is 40.6 Å². The first-order valence-electron chi connectivity index (χ1n) is 7.96. The van der Waals surface area contributed by atoms with Crippen molar-refractivity contribution in [1.82, 2.24) is 14.9 Å². The molecule has 0 atom stereocenters. The van der Waals surface area contributed by atoms with Gasteiger partial charge in [0.2, 0.25) is 5.71 Å². The largest absolute Gasteiger partial charge is 0.451 e. The van der Waals surface area contributed by atoms with Crippen LogP contribution < -0.4 is 15.9 Å². The smallest absolute Gasteiger partial charge is 0.337 e. The number of ether oxygens (including phenoxy) is 1. The fourth-order valence-corrected chi connectivity index (χ4v) is 2.25. The zero-order valence-electron chi connectivity index (χ0n) is 14.1. The lowest BCUT2D eigenvalue weighted by atomic mass is 10.1. The summed E-state index contributed by atoms with van der Waals surface area (Å²) < 4.78 is 10.3. The summed E-state index contributed by atoms with van der Waals surface area (Å²) in [6.45, 7) is 8.62. The number of nitrogens with one attached hydrogen (secondary N) is 1. The van der Waals surface area contributed by atoms with E-state index in [0.717, 1.165) is 13.1 Å². The number of hydrogen-bond acceptors (Lipinski definition) is 6. The first-order chi connectivity index (χ1) is 11.6. The Morgan fingerprint density at radius 3 is 2.67 bits per heavy atom. The molecule has 0 amide bonds. The summed E-state index contributed by atoms with van der Waals surface area (Å²) >= 11 is 0. The third-order valence-corrected chi connectivity index (χ3v) is 3.66. The second-order valence-electron chi connectivity index (χ2n) is 5.10. The monoisotopic (exact) mass is 331 g/mol. The van der Waals surface area contributed by atoms with Crippen molar-refractivity contribution in [2.45, 2.75) is 27.2 Å². The van der Waals surface area contributed by atoms with E-state index in [1.54, 1.807) is 0 Å². The Kier molecular flexibility index (Phi) is 6.15. The molecule has 7 heteroatoms. The molecule has 2 heterocycles. The number of aromatic amines is 1. The minimum Gasteiger partial charge on any atom is -0.451 e. The van der Waals surface area contributed by atoms with E-state index in [9.17, 15) is 9.59 Å². The molecule has 0 fully saturated rings. The predicted molar refractivity (Wildman–Crippen MR) is 91.3 cm³/mol. The van der Waals surface area contributed by atoms with Gasteiger partial charge in [0.1, 0.15) is 5.39 Å². The molecule has 24 heavy (non-hydrogen) atoms. The second kappa shape index (κ2) is 8.31. The highest BCUT2D eigenvalue weighted by Crippen LogP contribution is 2.13. The average Bonchev–Trinajstić information content (AvgIpc) is 2.56. The van der Waals surface area contributed by atoms with Gasteiger partial charge in [-0.25, -0.2) is 4.79 Å². The van der Waals surface area contributed by atoms with Crippen LogP contribution in [0.3, 0.4) is 0 Å². The van der Waals surface area contributed by atoms with Crippen molar-refractivity contribution < 1.29 is 9.15 Å². The number of rotatable bonds is 6. The fraction of sp³-hybridized carbons (Fsp3) is 0.471. The first kappa shape index (κ1) is 17.8. The molecule has 0 unspecified atom stereocenters. The van der Waals surface area contributed by atoms with E-state index in [4.69, 9.17) is 9.15 Å². The minimum atomic E-state index is -0.539. The van der Waals surface area contributed by atoms with Crippen LogP contribution in [0.25, 0.3) is 11.1 Å². The molecule has 0 aliphatic heterocycles. The lowest BCUT2D eigenvalue weighted by molar-refractivity contribution is 0.333. The van der Waals surface area contributed by atoms with Gasteiger partial charge in [0.15, 0.2) is 6.61 Å². The molecule has 0 saturated heterocycles. The minimum absolute atomic E-state index is 0.0129. The van der Waals surface area contributed by atoms with Crippen LogP contribution in [-0.4, -0.2) is 41.1 Å². The van der Waals surface area contributed by atoms with E-state index < -0.39 is 11.2 Å². The Morgan fingerprint density at radius 1 is 1.25 bits per heavy atom. The van der Waals surface area contributed by atoms with Gasteiger partial charge in [-0.1, -0.05) is 32.6 Å². The van der Waals surface area contributed by atoms with Gasteiger partial charge < -0.3 is 9.15 Å². The van der Waals surface area contributed by atoms with Crippen molar-refractivity contribution in [2.75, 3.05) is 26.2 Å². The maximum atomic E-state index is 12.2. The van der Waals surface area contributed by atoms with E-state index in [1.807, 2.05) is 6.92 Å².